The Kier molecular flexibility index (Phi) is 3.87. The van der Waals surface area contributed by atoms with E-state index in [2.05, 4.69) is 6.58 Å². The van der Waals surface area contributed by atoms with Crippen LogP contribution in [0.25, 0.3) is 0 Å². The number of allylic oxidation sites excluding steroid dienone is 2. The maximum atomic E-state index is 11.1. The Hall–Kier alpha value is -0.330. The van der Waals surface area contributed by atoms with Crippen molar-refractivity contribution in [1.82, 2.24) is 0 Å². The number of hydrogen-bond acceptors (Lipinski definition) is 3. The molecule has 1 aliphatic carbocycles. The van der Waals surface area contributed by atoms with Crippen LogP contribution in [0.5, 0.6) is 0 Å². The first kappa shape index (κ1) is 13.7. The minimum absolute atomic E-state index is 0.0429. The zero-order valence-corrected chi connectivity index (χ0v) is 10.4. The highest BCUT2D eigenvalue weighted by molar-refractivity contribution is 7.86. The van der Waals surface area contributed by atoms with Crippen molar-refractivity contribution in [2.45, 2.75) is 17.3 Å². The Morgan fingerprint density at radius 1 is 1.56 bits per heavy atom. The maximum Gasteiger partial charge on any atom is 0.274 e. The molecule has 4 nitrogen and oxygen atoms in total. The van der Waals surface area contributed by atoms with Gasteiger partial charge in [-0.3, -0.25) is 4.55 Å². The number of hydrogen-bond donors (Lipinski definition) is 2. The van der Waals surface area contributed by atoms with Crippen LogP contribution in [-0.2, 0) is 10.1 Å². The van der Waals surface area contributed by atoms with Gasteiger partial charge in [0.25, 0.3) is 10.1 Å². The molecular weight excluding hydrogens is 275 g/mol. The van der Waals surface area contributed by atoms with Crippen molar-refractivity contribution in [3.63, 3.8) is 0 Å². The summed E-state index contributed by atoms with van der Waals surface area (Å²) >= 11 is 11.4. The Morgan fingerprint density at radius 2 is 2.12 bits per heavy atom. The highest BCUT2D eigenvalue weighted by atomic mass is 35.5. The Balaban J connectivity index is 3.34. The maximum absolute atomic E-state index is 11.1. The van der Waals surface area contributed by atoms with Gasteiger partial charge in [0.15, 0.2) is 0 Å². The van der Waals surface area contributed by atoms with E-state index in [1.54, 1.807) is 0 Å². The van der Waals surface area contributed by atoms with Gasteiger partial charge in [0.1, 0.15) is 10.9 Å². The third-order valence-corrected chi connectivity index (χ3v) is 4.08. The quantitative estimate of drug-likeness (QED) is 0.612. The molecule has 0 radical (unpaired) electrons. The molecule has 7 heteroatoms. The molecule has 2 N–H and O–H groups in total. The Bertz CT molecular complexity index is 466. The summed E-state index contributed by atoms with van der Waals surface area (Å²) < 4.78 is 31.3. The highest BCUT2D eigenvalue weighted by Gasteiger charge is 2.46. The molecule has 0 saturated heterocycles. The second-order valence-electron chi connectivity index (χ2n) is 3.40. The van der Waals surface area contributed by atoms with E-state index < -0.39 is 21.0 Å². The summed E-state index contributed by atoms with van der Waals surface area (Å²) in [5, 5.41) is 8.44. The standard InChI is InChI=1S/C9H10Cl2O4S/c1-2-3-9(12)7(11)4-6(10)5-8(9)16(13,14)15/h2,4-5,8,12H,1,3H2,(H,13,14,15). The van der Waals surface area contributed by atoms with Crippen LogP contribution in [0.1, 0.15) is 6.42 Å². The van der Waals surface area contributed by atoms with Crippen LogP contribution >= 0.6 is 23.2 Å². The molecule has 2 unspecified atom stereocenters. The molecule has 16 heavy (non-hydrogen) atoms. The molecule has 0 spiro atoms. The van der Waals surface area contributed by atoms with Gasteiger partial charge in [0.05, 0.1) is 5.03 Å². The van der Waals surface area contributed by atoms with Crippen LogP contribution in [0.4, 0.5) is 0 Å². The SMILES string of the molecule is C=CCC1(O)C(Cl)=CC(Cl)=CC1S(=O)(=O)O. The third kappa shape index (κ3) is 2.49. The molecule has 0 heterocycles. The van der Waals surface area contributed by atoms with E-state index >= 15 is 0 Å². The second kappa shape index (κ2) is 4.50. The molecule has 0 aromatic heterocycles. The highest BCUT2D eigenvalue weighted by Crippen LogP contribution is 2.38. The number of halogens is 2. The van der Waals surface area contributed by atoms with Gasteiger partial charge in [-0.2, -0.15) is 8.42 Å². The van der Waals surface area contributed by atoms with Crippen molar-refractivity contribution in [2.24, 2.45) is 0 Å². The van der Waals surface area contributed by atoms with Crippen molar-refractivity contribution in [3.05, 3.63) is 34.9 Å². The van der Waals surface area contributed by atoms with Crippen LogP contribution in [0, 0.1) is 0 Å². The molecule has 0 saturated carbocycles. The normalized spacial score (nSPS) is 30.6. The average molecular weight is 285 g/mol. The number of rotatable bonds is 3. The average Bonchev–Trinajstić information content (AvgIpc) is 2.10. The largest absolute Gasteiger partial charge is 0.382 e. The van der Waals surface area contributed by atoms with Crippen LogP contribution in [0.15, 0.2) is 34.9 Å². The van der Waals surface area contributed by atoms with Crippen molar-refractivity contribution in [3.8, 4) is 0 Å². The second-order valence-corrected chi connectivity index (χ2v) is 5.78. The van der Waals surface area contributed by atoms with E-state index in [4.69, 9.17) is 27.8 Å². The van der Waals surface area contributed by atoms with Crippen LogP contribution in [0.2, 0.25) is 0 Å². The molecule has 1 aliphatic rings. The molecule has 2 atom stereocenters. The van der Waals surface area contributed by atoms with Gasteiger partial charge in [0, 0.05) is 11.5 Å². The van der Waals surface area contributed by atoms with Crippen LogP contribution < -0.4 is 0 Å². The minimum atomic E-state index is -4.51. The van der Waals surface area contributed by atoms with Crippen molar-refractivity contribution < 1.29 is 18.1 Å². The van der Waals surface area contributed by atoms with Gasteiger partial charge in [-0.15, -0.1) is 6.58 Å². The fourth-order valence-electron chi connectivity index (χ4n) is 1.48. The van der Waals surface area contributed by atoms with Gasteiger partial charge in [-0.05, 0) is 12.2 Å². The predicted molar refractivity (Wildman–Crippen MR) is 63.0 cm³/mol. The lowest BCUT2D eigenvalue weighted by atomic mass is 9.91. The lowest BCUT2D eigenvalue weighted by Crippen LogP contribution is -2.47. The summed E-state index contributed by atoms with van der Waals surface area (Å²) in [7, 11) is -4.51. The first-order valence-electron chi connectivity index (χ1n) is 4.26. The topological polar surface area (TPSA) is 74.6 Å². The fourth-order valence-corrected chi connectivity index (χ4v) is 3.26. The molecule has 1 rings (SSSR count). The van der Waals surface area contributed by atoms with E-state index in [9.17, 15) is 13.5 Å². The number of aliphatic hydroxyl groups is 1. The summed E-state index contributed by atoms with van der Waals surface area (Å²) in [4.78, 5) is 0. The molecular formula is C9H10Cl2O4S. The van der Waals surface area contributed by atoms with Gasteiger partial charge in [-0.25, -0.2) is 0 Å². The van der Waals surface area contributed by atoms with Gasteiger partial charge in [-0.1, -0.05) is 29.3 Å². The van der Waals surface area contributed by atoms with Gasteiger partial charge in [0.2, 0.25) is 0 Å². The molecule has 0 aromatic carbocycles. The van der Waals surface area contributed by atoms with E-state index in [1.165, 1.54) is 12.2 Å². The third-order valence-electron chi connectivity index (χ3n) is 2.24. The van der Waals surface area contributed by atoms with E-state index in [1.807, 2.05) is 0 Å². The van der Waals surface area contributed by atoms with E-state index in [-0.39, 0.29) is 16.5 Å². The molecule has 0 amide bonds. The zero-order valence-electron chi connectivity index (χ0n) is 8.10. The molecule has 0 fully saturated rings. The van der Waals surface area contributed by atoms with E-state index in [0.717, 1.165) is 6.08 Å². The van der Waals surface area contributed by atoms with Gasteiger partial charge < -0.3 is 5.11 Å². The summed E-state index contributed by atoms with van der Waals surface area (Å²) in [5.41, 5.74) is -1.92. The molecule has 0 aromatic rings. The minimum Gasteiger partial charge on any atom is -0.382 e. The first-order chi connectivity index (χ1) is 7.21. The molecule has 0 aliphatic heterocycles. The summed E-state index contributed by atoms with van der Waals surface area (Å²) in [5.74, 6) is 0. The Labute approximate surface area is 104 Å². The lowest BCUT2D eigenvalue weighted by Gasteiger charge is -2.33. The van der Waals surface area contributed by atoms with Crippen molar-refractivity contribution in [1.29, 1.82) is 0 Å². The fraction of sp³-hybridized carbons (Fsp3) is 0.333. The van der Waals surface area contributed by atoms with Crippen LogP contribution in [0.3, 0.4) is 0 Å². The zero-order chi connectivity index (χ0) is 12.6. The lowest BCUT2D eigenvalue weighted by molar-refractivity contribution is 0.0917. The Morgan fingerprint density at radius 3 is 2.56 bits per heavy atom. The van der Waals surface area contributed by atoms with Crippen molar-refractivity contribution >= 4 is 33.3 Å². The first-order valence-corrected chi connectivity index (χ1v) is 6.52. The van der Waals surface area contributed by atoms with Gasteiger partial charge >= 0.3 is 0 Å². The van der Waals surface area contributed by atoms with Crippen molar-refractivity contribution in [2.75, 3.05) is 0 Å². The van der Waals surface area contributed by atoms with Crippen LogP contribution in [-0.4, -0.2) is 28.9 Å². The monoisotopic (exact) mass is 284 g/mol. The summed E-state index contributed by atoms with van der Waals surface area (Å²) in [6.07, 6.45) is 3.45. The van der Waals surface area contributed by atoms with E-state index in [0.29, 0.717) is 0 Å². The summed E-state index contributed by atoms with van der Waals surface area (Å²) in [6, 6.07) is 0. The molecule has 90 valence electrons. The predicted octanol–water partition coefficient (Wildman–Crippen LogP) is 1.81. The smallest absolute Gasteiger partial charge is 0.274 e. The molecule has 0 bridgehead atoms. The summed E-state index contributed by atoms with van der Waals surface area (Å²) in [6.45, 7) is 3.39.